The Bertz CT molecular complexity index is 356. The van der Waals surface area contributed by atoms with Gasteiger partial charge in [0.2, 0.25) is 5.91 Å². The number of rotatable bonds is 3. The number of carbonyl (C=O) groups excluding carboxylic acids is 1. The zero-order chi connectivity index (χ0) is 14.9. The van der Waals surface area contributed by atoms with Crippen LogP contribution in [0.3, 0.4) is 0 Å². The quantitative estimate of drug-likeness (QED) is 0.737. The molecular formula is C16H30N2O2. The molecule has 2 fully saturated rings. The molecule has 0 heterocycles. The monoisotopic (exact) mass is 282 g/mol. The fourth-order valence-corrected chi connectivity index (χ4v) is 3.93. The summed E-state index contributed by atoms with van der Waals surface area (Å²) in [7, 11) is 0. The van der Waals surface area contributed by atoms with Crippen LogP contribution in [0.15, 0.2) is 0 Å². The van der Waals surface area contributed by atoms with Crippen molar-refractivity contribution in [2.45, 2.75) is 65.0 Å². The number of aliphatic hydroxyl groups is 1. The second kappa shape index (κ2) is 6.02. The number of carbonyl (C=O) groups is 1. The molecule has 0 spiro atoms. The van der Waals surface area contributed by atoms with E-state index in [4.69, 9.17) is 5.73 Å². The van der Waals surface area contributed by atoms with Gasteiger partial charge in [0.05, 0.1) is 6.10 Å². The first-order valence-electron chi connectivity index (χ1n) is 8.05. The van der Waals surface area contributed by atoms with Crippen LogP contribution in [0.1, 0.15) is 52.9 Å². The molecule has 2 aliphatic carbocycles. The van der Waals surface area contributed by atoms with E-state index in [1.54, 1.807) is 0 Å². The third-order valence-electron chi connectivity index (χ3n) is 5.98. The summed E-state index contributed by atoms with van der Waals surface area (Å²) >= 11 is 0. The second-order valence-corrected chi connectivity index (χ2v) is 7.41. The van der Waals surface area contributed by atoms with E-state index in [-0.39, 0.29) is 35.3 Å². The molecule has 20 heavy (non-hydrogen) atoms. The Balaban J connectivity index is 1.91. The minimum absolute atomic E-state index is 0.0378. The van der Waals surface area contributed by atoms with Gasteiger partial charge < -0.3 is 16.2 Å². The molecule has 5 unspecified atom stereocenters. The van der Waals surface area contributed by atoms with Gasteiger partial charge in [-0.3, -0.25) is 4.79 Å². The van der Waals surface area contributed by atoms with Crippen molar-refractivity contribution in [2.75, 3.05) is 6.54 Å². The Labute approximate surface area is 122 Å². The van der Waals surface area contributed by atoms with E-state index >= 15 is 0 Å². The van der Waals surface area contributed by atoms with Gasteiger partial charge in [-0.25, -0.2) is 0 Å². The minimum Gasteiger partial charge on any atom is -0.393 e. The maximum Gasteiger partial charge on any atom is 0.223 e. The van der Waals surface area contributed by atoms with E-state index in [0.717, 1.165) is 32.1 Å². The summed E-state index contributed by atoms with van der Waals surface area (Å²) in [5.41, 5.74) is 6.08. The molecule has 0 bridgehead atoms. The van der Waals surface area contributed by atoms with Gasteiger partial charge in [0.25, 0.3) is 0 Å². The Kier molecular flexibility index (Phi) is 4.75. The predicted molar refractivity (Wildman–Crippen MR) is 80.0 cm³/mol. The average Bonchev–Trinajstić information content (AvgIpc) is 2.79. The third kappa shape index (κ3) is 3.01. The number of amides is 1. The lowest BCUT2D eigenvalue weighted by Gasteiger charge is -2.46. The van der Waals surface area contributed by atoms with Crippen LogP contribution in [0, 0.1) is 23.2 Å². The first kappa shape index (κ1) is 15.8. The number of hydrogen-bond donors (Lipinski definition) is 3. The predicted octanol–water partition coefficient (Wildman–Crippen LogP) is 1.66. The van der Waals surface area contributed by atoms with Crippen LogP contribution < -0.4 is 11.1 Å². The van der Waals surface area contributed by atoms with E-state index < -0.39 is 0 Å². The zero-order valence-electron chi connectivity index (χ0n) is 13.1. The van der Waals surface area contributed by atoms with Crippen molar-refractivity contribution in [1.82, 2.24) is 5.32 Å². The maximum absolute atomic E-state index is 12.5. The lowest BCUT2D eigenvalue weighted by Crippen LogP contribution is -2.52. The highest BCUT2D eigenvalue weighted by molar-refractivity contribution is 5.79. The topological polar surface area (TPSA) is 75.4 Å². The molecule has 4 N–H and O–H groups in total. The summed E-state index contributed by atoms with van der Waals surface area (Å²) in [5, 5.41) is 12.9. The first-order valence-corrected chi connectivity index (χ1v) is 8.05. The lowest BCUT2D eigenvalue weighted by atomic mass is 9.61. The molecule has 0 aromatic carbocycles. The van der Waals surface area contributed by atoms with Gasteiger partial charge in [0.15, 0.2) is 0 Å². The summed E-state index contributed by atoms with van der Waals surface area (Å²) in [6.07, 6.45) is 4.54. The van der Waals surface area contributed by atoms with Crippen molar-refractivity contribution in [3.63, 3.8) is 0 Å². The van der Waals surface area contributed by atoms with Crippen LogP contribution in [0.4, 0.5) is 0 Å². The third-order valence-corrected chi connectivity index (χ3v) is 5.98. The normalized spacial score (nSPS) is 40.5. The van der Waals surface area contributed by atoms with Crippen molar-refractivity contribution in [3.05, 3.63) is 0 Å². The molecule has 5 atom stereocenters. The van der Waals surface area contributed by atoms with Crippen molar-refractivity contribution in [3.8, 4) is 0 Å². The molecule has 0 saturated heterocycles. The van der Waals surface area contributed by atoms with Crippen molar-refractivity contribution in [1.29, 1.82) is 0 Å². The van der Waals surface area contributed by atoms with Gasteiger partial charge in [0.1, 0.15) is 0 Å². The second-order valence-electron chi connectivity index (χ2n) is 7.41. The summed E-state index contributed by atoms with van der Waals surface area (Å²) in [4.78, 5) is 12.5. The highest BCUT2D eigenvalue weighted by atomic mass is 16.3. The van der Waals surface area contributed by atoms with Crippen LogP contribution in [-0.4, -0.2) is 29.7 Å². The molecule has 0 radical (unpaired) electrons. The molecule has 0 aliphatic heterocycles. The Hall–Kier alpha value is -0.610. The summed E-state index contributed by atoms with van der Waals surface area (Å²) in [6.45, 7) is 7.09. The Morgan fingerprint density at radius 3 is 2.60 bits per heavy atom. The van der Waals surface area contributed by atoms with Gasteiger partial charge in [0, 0.05) is 24.4 Å². The molecule has 0 aromatic rings. The van der Waals surface area contributed by atoms with Gasteiger partial charge in [-0.15, -0.1) is 0 Å². The van der Waals surface area contributed by atoms with Crippen molar-refractivity contribution < 1.29 is 9.90 Å². The molecule has 2 saturated carbocycles. The summed E-state index contributed by atoms with van der Waals surface area (Å²) < 4.78 is 0. The highest BCUT2D eigenvalue weighted by Crippen LogP contribution is 2.44. The zero-order valence-corrected chi connectivity index (χ0v) is 13.1. The summed E-state index contributed by atoms with van der Waals surface area (Å²) in [5.74, 6) is 0.776. The molecule has 2 aliphatic rings. The number of aliphatic hydroxyl groups excluding tert-OH is 1. The van der Waals surface area contributed by atoms with Crippen LogP contribution >= 0.6 is 0 Å². The first-order chi connectivity index (χ1) is 9.34. The van der Waals surface area contributed by atoms with E-state index in [2.05, 4.69) is 26.1 Å². The van der Waals surface area contributed by atoms with Crippen LogP contribution in [0.25, 0.3) is 0 Å². The van der Waals surface area contributed by atoms with Crippen LogP contribution in [0.5, 0.6) is 0 Å². The molecular weight excluding hydrogens is 252 g/mol. The molecule has 116 valence electrons. The SMILES string of the molecule is CC1C(N)CCC(C(=O)NCC2CCCC2O)C1(C)C. The Morgan fingerprint density at radius 2 is 2.00 bits per heavy atom. The maximum atomic E-state index is 12.5. The van der Waals surface area contributed by atoms with Crippen LogP contribution in [0.2, 0.25) is 0 Å². The highest BCUT2D eigenvalue weighted by Gasteiger charge is 2.45. The fourth-order valence-electron chi connectivity index (χ4n) is 3.93. The van der Waals surface area contributed by atoms with E-state index in [9.17, 15) is 9.90 Å². The number of hydrogen-bond acceptors (Lipinski definition) is 3. The van der Waals surface area contributed by atoms with Gasteiger partial charge in [-0.1, -0.05) is 27.2 Å². The smallest absolute Gasteiger partial charge is 0.223 e. The van der Waals surface area contributed by atoms with Crippen LogP contribution in [-0.2, 0) is 4.79 Å². The van der Waals surface area contributed by atoms with Crippen molar-refractivity contribution in [2.24, 2.45) is 28.9 Å². The lowest BCUT2D eigenvalue weighted by molar-refractivity contribution is -0.132. The van der Waals surface area contributed by atoms with E-state index in [1.165, 1.54) is 0 Å². The molecule has 4 nitrogen and oxygen atoms in total. The van der Waals surface area contributed by atoms with E-state index in [1.807, 2.05) is 0 Å². The van der Waals surface area contributed by atoms with E-state index in [0.29, 0.717) is 12.5 Å². The molecule has 4 heteroatoms. The Morgan fingerprint density at radius 1 is 1.30 bits per heavy atom. The number of nitrogens with two attached hydrogens (primary N) is 1. The number of nitrogens with one attached hydrogen (secondary N) is 1. The van der Waals surface area contributed by atoms with Crippen molar-refractivity contribution >= 4 is 5.91 Å². The standard InChI is InChI=1S/C16H30N2O2/c1-10-13(17)8-7-12(16(10,2)3)15(20)18-9-11-5-4-6-14(11)19/h10-14,19H,4-9,17H2,1-3H3,(H,18,20). The summed E-state index contributed by atoms with van der Waals surface area (Å²) in [6, 6.07) is 0.200. The van der Waals surface area contributed by atoms with Gasteiger partial charge >= 0.3 is 0 Å². The van der Waals surface area contributed by atoms with Gasteiger partial charge in [-0.05, 0) is 37.0 Å². The fraction of sp³-hybridized carbons (Fsp3) is 0.938. The molecule has 2 rings (SSSR count). The largest absolute Gasteiger partial charge is 0.393 e. The molecule has 1 amide bonds. The average molecular weight is 282 g/mol. The molecule has 0 aromatic heterocycles. The van der Waals surface area contributed by atoms with Gasteiger partial charge in [-0.2, -0.15) is 0 Å². The minimum atomic E-state index is -0.234.